The summed E-state index contributed by atoms with van der Waals surface area (Å²) in [4.78, 5) is 10.6. The fourth-order valence-corrected chi connectivity index (χ4v) is 3.72. The molecule has 1 rings (SSSR count). The number of benzene rings is 1. The van der Waals surface area contributed by atoms with Crippen LogP contribution in [0.1, 0.15) is 12.5 Å². The van der Waals surface area contributed by atoms with E-state index in [0.29, 0.717) is 10.0 Å². The fraction of sp³-hybridized carbons (Fsp3) is 0.364. The minimum Gasteiger partial charge on any atom is -0.481 e. The zero-order valence-electron chi connectivity index (χ0n) is 9.26. The summed E-state index contributed by atoms with van der Waals surface area (Å²) in [5.41, 5.74) is 0.644. The topological polar surface area (TPSA) is 71.4 Å². The smallest absolute Gasteiger partial charge is 0.307 e. The Morgan fingerprint density at radius 1 is 1.41 bits per heavy atom. The first-order chi connectivity index (χ1) is 7.82. The van der Waals surface area contributed by atoms with Crippen LogP contribution >= 0.6 is 15.9 Å². The number of aliphatic carboxylic acids is 1. The van der Waals surface area contributed by atoms with Gasteiger partial charge in [-0.3, -0.25) is 4.79 Å². The lowest BCUT2D eigenvalue weighted by atomic mass is 10.2. The molecule has 0 aliphatic heterocycles. The van der Waals surface area contributed by atoms with E-state index in [9.17, 15) is 13.2 Å². The number of halogens is 1. The van der Waals surface area contributed by atoms with Crippen LogP contribution in [0.25, 0.3) is 0 Å². The lowest BCUT2D eigenvalue weighted by Gasteiger charge is -2.08. The Morgan fingerprint density at radius 3 is 2.53 bits per heavy atom. The third-order valence-electron chi connectivity index (χ3n) is 2.26. The summed E-state index contributed by atoms with van der Waals surface area (Å²) < 4.78 is 24.3. The van der Waals surface area contributed by atoms with Crippen LogP contribution < -0.4 is 0 Å². The van der Waals surface area contributed by atoms with Gasteiger partial charge in [0, 0.05) is 4.47 Å². The maximum atomic E-state index is 11.8. The SMILES string of the molecule is CC(CS(=O)(=O)Cc1ccccc1Br)C(=O)O. The lowest BCUT2D eigenvalue weighted by Crippen LogP contribution is -2.22. The quantitative estimate of drug-likeness (QED) is 0.901. The van der Waals surface area contributed by atoms with Gasteiger partial charge in [-0.1, -0.05) is 41.1 Å². The molecule has 0 saturated carbocycles. The highest BCUT2D eigenvalue weighted by molar-refractivity contribution is 9.10. The molecule has 0 aliphatic carbocycles. The van der Waals surface area contributed by atoms with Crippen molar-refractivity contribution in [2.75, 3.05) is 5.75 Å². The van der Waals surface area contributed by atoms with Gasteiger partial charge in [0.25, 0.3) is 0 Å². The van der Waals surface area contributed by atoms with Crippen LogP contribution in [0, 0.1) is 5.92 Å². The van der Waals surface area contributed by atoms with E-state index >= 15 is 0 Å². The number of hydrogen-bond acceptors (Lipinski definition) is 3. The van der Waals surface area contributed by atoms with Gasteiger partial charge in [-0.2, -0.15) is 0 Å². The summed E-state index contributed by atoms with van der Waals surface area (Å²) in [7, 11) is -3.41. The summed E-state index contributed by atoms with van der Waals surface area (Å²) in [6, 6.07) is 6.99. The molecule has 0 aromatic heterocycles. The Labute approximate surface area is 109 Å². The van der Waals surface area contributed by atoms with Gasteiger partial charge < -0.3 is 5.11 Å². The van der Waals surface area contributed by atoms with Gasteiger partial charge in [0.15, 0.2) is 9.84 Å². The van der Waals surface area contributed by atoms with E-state index in [1.165, 1.54) is 6.92 Å². The van der Waals surface area contributed by atoms with Crippen LogP contribution in [0.15, 0.2) is 28.7 Å². The Bertz CT molecular complexity index is 510. The van der Waals surface area contributed by atoms with Gasteiger partial charge in [-0.15, -0.1) is 0 Å². The second-order valence-electron chi connectivity index (χ2n) is 3.89. The summed E-state index contributed by atoms with van der Waals surface area (Å²) in [6.07, 6.45) is 0. The summed E-state index contributed by atoms with van der Waals surface area (Å²) >= 11 is 3.26. The van der Waals surface area contributed by atoms with E-state index in [4.69, 9.17) is 5.11 Å². The van der Waals surface area contributed by atoms with E-state index in [1.54, 1.807) is 24.3 Å². The molecule has 0 radical (unpaired) electrons. The normalized spacial score (nSPS) is 13.3. The molecule has 0 bridgehead atoms. The Balaban J connectivity index is 2.81. The largest absolute Gasteiger partial charge is 0.481 e. The van der Waals surface area contributed by atoms with Crippen LogP contribution in [0.5, 0.6) is 0 Å². The second kappa shape index (κ2) is 5.64. The van der Waals surface area contributed by atoms with Crippen molar-refractivity contribution in [2.24, 2.45) is 5.92 Å². The number of rotatable bonds is 5. The highest BCUT2D eigenvalue weighted by Gasteiger charge is 2.21. The highest BCUT2D eigenvalue weighted by atomic mass is 79.9. The van der Waals surface area contributed by atoms with Gasteiger partial charge in [-0.25, -0.2) is 8.42 Å². The fourth-order valence-electron chi connectivity index (χ4n) is 1.36. The van der Waals surface area contributed by atoms with Crippen molar-refractivity contribution in [3.8, 4) is 0 Å². The van der Waals surface area contributed by atoms with E-state index in [2.05, 4.69) is 15.9 Å². The van der Waals surface area contributed by atoms with Gasteiger partial charge in [0.05, 0.1) is 17.4 Å². The highest BCUT2D eigenvalue weighted by Crippen LogP contribution is 2.19. The second-order valence-corrected chi connectivity index (χ2v) is 6.85. The molecule has 1 N–H and O–H groups in total. The minimum absolute atomic E-state index is 0.147. The van der Waals surface area contributed by atoms with E-state index in [1.807, 2.05) is 0 Å². The van der Waals surface area contributed by atoms with Crippen molar-refractivity contribution in [1.82, 2.24) is 0 Å². The van der Waals surface area contributed by atoms with E-state index < -0.39 is 21.7 Å². The Kier molecular flexibility index (Phi) is 4.70. The molecule has 0 spiro atoms. The van der Waals surface area contributed by atoms with Gasteiger partial charge in [0.1, 0.15) is 0 Å². The van der Waals surface area contributed by atoms with Gasteiger partial charge in [0.2, 0.25) is 0 Å². The number of carboxylic acids is 1. The lowest BCUT2D eigenvalue weighted by molar-refractivity contribution is -0.140. The molecule has 4 nitrogen and oxygen atoms in total. The molecule has 0 saturated heterocycles. The number of hydrogen-bond donors (Lipinski definition) is 1. The average Bonchev–Trinajstić information content (AvgIpc) is 2.20. The van der Waals surface area contributed by atoms with Gasteiger partial charge in [-0.05, 0) is 11.6 Å². The van der Waals surface area contributed by atoms with E-state index in [-0.39, 0.29) is 11.5 Å². The number of carboxylic acid groups (broad SMARTS) is 1. The summed E-state index contributed by atoms with van der Waals surface area (Å²) in [6.45, 7) is 1.39. The molecule has 1 aromatic carbocycles. The Morgan fingerprint density at radius 2 is 2.00 bits per heavy atom. The molecule has 0 fully saturated rings. The monoisotopic (exact) mass is 320 g/mol. The zero-order chi connectivity index (χ0) is 13.1. The standard InChI is InChI=1S/C11H13BrO4S/c1-8(11(13)14)6-17(15,16)7-9-4-2-3-5-10(9)12/h2-5,8H,6-7H2,1H3,(H,13,14). The molecule has 0 amide bonds. The molecule has 1 unspecified atom stereocenters. The average molecular weight is 321 g/mol. The Hall–Kier alpha value is -0.880. The first-order valence-corrected chi connectivity index (χ1v) is 7.60. The van der Waals surface area contributed by atoms with Crippen LogP contribution in [0.3, 0.4) is 0 Å². The molecule has 1 atom stereocenters. The molecule has 0 aliphatic rings. The van der Waals surface area contributed by atoms with Crippen molar-refractivity contribution in [3.63, 3.8) is 0 Å². The summed E-state index contributed by atoms with van der Waals surface area (Å²) in [5.74, 6) is -2.47. The number of carbonyl (C=O) groups is 1. The summed E-state index contributed by atoms with van der Waals surface area (Å²) in [5, 5.41) is 8.69. The van der Waals surface area contributed by atoms with Crippen LogP contribution in [-0.2, 0) is 20.4 Å². The van der Waals surface area contributed by atoms with Crippen molar-refractivity contribution in [2.45, 2.75) is 12.7 Å². The van der Waals surface area contributed by atoms with Crippen LogP contribution in [0.4, 0.5) is 0 Å². The molecule has 6 heteroatoms. The molecule has 0 heterocycles. The predicted octanol–water partition coefficient (Wildman–Crippen LogP) is 2.08. The van der Waals surface area contributed by atoms with Crippen LogP contribution in [0.2, 0.25) is 0 Å². The maximum absolute atomic E-state index is 11.8. The van der Waals surface area contributed by atoms with Crippen molar-refractivity contribution in [3.05, 3.63) is 34.3 Å². The molecule has 94 valence electrons. The minimum atomic E-state index is -3.41. The molecular formula is C11H13BrO4S. The molecule has 17 heavy (non-hydrogen) atoms. The molecular weight excluding hydrogens is 308 g/mol. The van der Waals surface area contributed by atoms with Crippen LogP contribution in [-0.4, -0.2) is 25.2 Å². The zero-order valence-corrected chi connectivity index (χ0v) is 11.7. The number of sulfone groups is 1. The van der Waals surface area contributed by atoms with Crippen molar-refractivity contribution in [1.29, 1.82) is 0 Å². The third kappa shape index (κ3) is 4.47. The maximum Gasteiger partial charge on any atom is 0.307 e. The first-order valence-electron chi connectivity index (χ1n) is 4.98. The molecule has 1 aromatic rings. The van der Waals surface area contributed by atoms with Crippen molar-refractivity contribution < 1.29 is 18.3 Å². The van der Waals surface area contributed by atoms with E-state index in [0.717, 1.165) is 0 Å². The predicted molar refractivity (Wildman–Crippen MR) is 68.4 cm³/mol. The van der Waals surface area contributed by atoms with Gasteiger partial charge >= 0.3 is 5.97 Å². The third-order valence-corrected chi connectivity index (χ3v) is 4.79. The van der Waals surface area contributed by atoms with Crippen molar-refractivity contribution >= 4 is 31.7 Å². The first kappa shape index (κ1) is 14.2.